The fourth-order valence-electron chi connectivity index (χ4n) is 1.49. The molecule has 3 nitrogen and oxygen atoms in total. The van der Waals surface area contributed by atoms with E-state index in [-0.39, 0.29) is 0 Å². The van der Waals surface area contributed by atoms with Crippen molar-refractivity contribution in [1.82, 2.24) is 0 Å². The van der Waals surface area contributed by atoms with Crippen molar-refractivity contribution in [3.05, 3.63) is 29.3 Å². The van der Waals surface area contributed by atoms with Gasteiger partial charge >= 0.3 is 0 Å². The van der Waals surface area contributed by atoms with E-state index in [0.29, 0.717) is 13.2 Å². The van der Waals surface area contributed by atoms with Crippen molar-refractivity contribution in [3.8, 4) is 0 Å². The maximum Gasteiger partial charge on any atom is 0.0945 e. The van der Waals surface area contributed by atoms with Gasteiger partial charge in [-0.05, 0) is 25.5 Å². The molecule has 0 bridgehead atoms. The second-order valence-corrected chi connectivity index (χ2v) is 3.81. The van der Waals surface area contributed by atoms with Gasteiger partial charge in [0, 0.05) is 19.3 Å². The van der Waals surface area contributed by atoms with E-state index in [2.05, 4.69) is 31.3 Å². The number of nitrogens with one attached hydrogen (secondary N) is 1. The first kappa shape index (κ1) is 12.0. The number of hydrogen-bond donors (Lipinski definition) is 2. The van der Waals surface area contributed by atoms with Crippen LogP contribution in [0.2, 0.25) is 0 Å². The topological polar surface area (TPSA) is 41.5 Å². The van der Waals surface area contributed by atoms with Gasteiger partial charge in [0.1, 0.15) is 0 Å². The molecule has 0 aliphatic rings. The maximum atomic E-state index is 9.47. The SMILES string of the molecule is COCC(O)CNc1ccc(C)cc1C. The summed E-state index contributed by atoms with van der Waals surface area (Å²) in [5.41, 5.74) is 3.51. The minimum Gasteiger partial charge on any atom is -0.389 e. The highest BCUT2D eigenvalue weighted by atomic mass is 16.5. The van der Waals surface area contributed by atoms with Gasteiger partial charge in [-0.3, -0.25) is 0 Å². The van der Waals surface area contributed by atoms with Gasteiger partial charge < -0.3 is 15.2 Å². The Morgan fingerprint density at radius 2 is 2.13 bits per heavy atom. The fraction of sp³-hybridized carbons (Fsp3) is 0.500. The van der Waals surface area contributed by atoms with Crippen LogP contribution in [0.1, 0.15) is 11.1 Å². The summed E-state index contributed by atoms with van der Waals surface area (Å²) in [7, 11) is 1.58. The molecule has 0 aliphatic carbocycles. The average Bonchev–Trinajstić information content (AvgIpc) is 2.17. The summed E-state index contributed by atoms with van der Waals surface area (Å²) < 4.78 is 4.85. The van der Waals surface area contributed by atoms with Crippen LogP contribution in [0.4, 0.5) is 5.69 Å². The number of rotatable bonds is 5. The van der Waals surface area contributed by atoms with Crippen LogP contribution < -0.4 is 5.32 Å². The third-order valence-electron chi connectivity index (χ3n) is 2.27. The number of aliphatic hydroxyl groups excluding tert-OH is 1. The van der Waals surface area contributed by atoms with Crippen molar-refractivity contribution in [2.45, 2.75) is 20.0 Å². The van der Waals surface area contributed by atoms with Crippen LogP contribution in [0.3, 0.4) is 0 Å². The lowest BCUT2D eigenvalue weighted by Crippen LogP contribution is -2.24. The minimum atomic E-state index is -0.462. The smallest absolute Gasteiger partial charge is 0.0945 e. The van der Waals surface area contributed by atoms with E-state index in [4.69, 9.17) is 4.74 Å². The molecule has 1 aromatic rings. The zero-order valence-corrected chi connectivity index (χ0v) is 9.58. The van der Waals surface area contributed by atoms with Crippen LogP contribution in [0, 0.1) is 13.8 Å². The summed E-state index contributed by atoms with van der Waals surface area (Å²) in [6.45, 7) is 4.99. The highest BCUT2D eigenvalue weighted by Crippen LogP contribution is 2.15. The van der Waals surface area contributed by atoms with Gasteiger partial charge in [-0.2, -0.15) is 0 Å². The molecule has 2 N–H and O–H groups in total. The number of methoxy groups -OCH3 is 1. The summed E-state index contributed by atoms with van der Waals surface area (Å²) in [4.78, 5) is 0. The molecule has 0 amide bonds. The number of hydrogen-bond acceptors (Lipinski definition) is 3. The minimum absolute atomic E-state index is 0.359. The second-order valence-electron chi connectivity index (χ2n) is 3.81. The number of benzene rings is 1. The van der Waals surface area contributed by atoms with E-state index in [1.165, 1.54) is 11.1 Å². The lowest BCUT2D eigenvalue weighted by molar-refractivity contribution is 0.0727. The maximum absolute atomic E-state index is 9.47. The van der Waals surface area contributed by atoms with Gasteiger partial charge in [0.05, 0.1) is 12.7 Å². The first-order chi connectivity index (χ1) is 7.13. The van der Waals surface area contributed by atoms with Crippen LogP contribution in [0.15, 0.2) is 18.2 Å². The quantitative estimate of drug-likeness (QED) is 0.776. The van der Waals surface area contributed by atoms with E-state index < -0.39 is 6.10 Å². The molecule has 0 saturated heterocycles. The Hall–Kier alpha value is -1.06. The van der Waals surface area contributed by atoms with Gasteiger partial charge in [-0.15, -0.1) is 0 Å². The lowest BCUT2D eigenvalue weighted by atomic mass is 10.1. The van der Waals surface area contributed by atoms with Crippen molar-refractivity contribution in [1.29, 1.82) is 0 Å². The van der Waals surface area contributed by atoms with E-state index in [1.807, 2.05) is 6.07 Å². The monoisotopic (exact) mass is 209 g/mol. The summed E-state index contributed by atoms with van der Waals surface area (Å²) in [6.07, 6.45) is -0.462. The molecule has 0 saturated carbocycles. The first-order valence-electron chi connectivity index (χ1n) is 5.11. The Labute approximate surface area is 91.1 Å². The average molecular weight is 209 g/mol. The number of ether oxygens (including phenoxy) is 1. The van der Waals surface area contributed by atoms with Gasteiger partial charge in [-0.1, -0.05) is 17.7 Å². The van der Waals surface area contributed by atoms with E-state index in [0.717, 1.165) is 5.69 Å². The standard InChI is InChI=1S/C12H19NO2/c1-9-4-5-12(10(2)6-9)13-7-11(14)8-15-3/h4-6,11,13-14H,7-8H2,1-3H3. The summed E-state index contributed by atoms with van der Waals surface area (Å²) in [5.74, 6) is 0. The van der Waals surface area contributed by atoms with Gasteiger partial charge in [0.25, 0.3) is 0 Å². The van der Waals surface area contributed by atoms with Gasteiger partial charge in [0.15, 0.2) is 0 Å². The van der Waals surface area contributed by atoms with Gasteiger partial charge in [0.2, 0.25) is 0 Å². The molecular weight excluding hydrogens is 190 g/mol. The Balaban J connectivity index is 2.50. The third-order valence-corrected chi connectivity index (χ3v) is 2.27. The van der Waals surface area contributed by atoms with Crippen molar-refractivity contribution in [2.75, 3.05) is 25.6 Å². The predicted octanol–water partition coefficient (Wildman–Crippen LogP) is 1.72. The van der Waals surface area contributed by atoms with E-state index in [9.17, 15) is 5.11 Å². The molecule has 0 heterocycles. The summed E-state index contributed by atoms with van der Waals surface area (Å²) in [5, 5.41) is 12.7. The Morgan fingerprint density at radius 1 is 1.40 bits per heavy atom. The highest BCUT2D eigenvalue weighted by molar-refractivity contribution is 5.51. The van der Waals surface area contributed by atoms with Crippen molar-refractivity contribution in [2.24, 2.45) is 0 Å². The number of anilines is 1. The zero-order chi connectivity index (χ0) is 11.3. The molecule has 1 rings (SSSR count). The lowest BCUT2D eigenvalue weighted by Gasteiger charge is -2.13. The fourth-order valence-corrected chi connectivity index (χ4v) is 1.49. The predicted molar refractivity (Wildman–Crippen MR) is 62.3 cm³/mol. The molecule has 1 unspecified atom stereocenters. The Morgan fingerprint density at radius 3 is 2.73 bits per heavy atom. The molecule has 0 aliphatic heterocycles. The number of aryl methyl sites for hydroxylation is 2. The molecule has 0 fully saturated rings. The third kappa shape index (κ3) is 3.90. The Bertz CT molecular complexity index is 312. The molecule has 0 spiro atoms. The van der Waals surface area contributed by atoms with Gasteiger partial charge in [-0.25, -0.2) is 0 Å². The van der Waals surface area contributed by atoms with Crippen molar-refractivity contribution < 1.29 is 9.84 Å². The van der Waals surface area contributed by atoms with Crippen LogP contribution in [0.25, 0.3) is 0 Å². The van der Waals surface area contributed by atoms with E-state index in [1.54, 1.807) is 7.11 Å². The van der Waals surface area contributed by atoms with Crippen molar-refractivity contribution in [3.63, 3.8) is 0 Å². The summed E-state index contributed by atoms with van der Waals surface area (Å²) >= 11 is 0. The largest absolute Gasteiger partial charge is 0.389 e. The highest BCUT2D eigenvalue weighted by Gasteiger charge is 2.04. The summed E-state index contributed by atoms with van der Waals surface area (Å²) in [6, 6.07) is 6.20. The Kier molecular flexibility index (Phi) is 4.59. The van der Waals surface area contributed by atoms with E-state index >= 15 is 0 Å². The molecule has 15 heavy (non-hydrogen) atoms. The van der Waals surface area contributed by atoms with Crippen LogP contribution >= 0.6 is 0 Å². The molecule has 84 valence electrons. The second kappa shape index (κ2) is 5.73. The zero-order valence-electron chi connectivity index (χ0n) is 9.58. The van der Waals surface area contributed by atoms with Crippen molar-refractivity contribution >= 4 is 5.69 Å². The molecular formula is C12H19NO2. The van der Waals surface area contributed by atoms with Crippen LogP contribution in [-0.4, -0.2) is 31.5 Å². The molecule has 3 heteroatoms. The normalized spacial score (nSPS) is 12.5. The number of aliphatic hydroxyl groups is 1. The first-order valence-corrected chi connectivity index (χ1v) is 5.11. The van der Waals surface area contributed by atoms with Crippen LogP contribution in [0.5, 0.6) is 0 Å². The molecule has 1 atom stereocenters. The molecule has 0 radical (unpaired) electrons. The molecule has 1 aromatic carbocycles. The van der Waals surface area contributed by atoms with Crippen LogP contribution in [-0.2, 0) is 4.74 Å². The molecule has 0 aromatic heterocycles.